The molecule has 0 spiro atoms. The van der Waals surface area contributed by atoms with Gasteiger partial charge in [-0.2, -0.15) is 0 Å². The highest BCUT2D eigenvalue weighted by Gasteiger charge is 2.40. The third-order valence-corrected chi connectivity index (χ3v) is 4.94. The Morgan fingerprint density at radius 3 is 2.95 bits per heavy atom. The van der Waals surface area contributed by atoms with Crippen molar-refractivity contribution in [1.29, 1.82) is 0 Å². The molecule has 0 amide bonds. The molecule has 4 heteroatoms. The molecule has 1 saturated carbocycles. The van der Waals surface area contributed by atoms with E-state index in [1.165, 1.54) is 19.0 Å². The van der Waals surface area contributed by atoms with Crippen LogP contribution in [-0.2, 0) is 0 Å². The summed E-state index contributed by atoms with van der Waals surface area (Å²) in [6.07, 6.45) is 6.74. The average molecular weight is 263 g/mol. The van der Waals surface area contributed by atoms with E-state index in [0.29, 0.717) is 12.0 Å². The van der Waals surface area contributed by atoms with E-state index < -0.39 is 0 Å². The molecule has 2 heterocycles. The third-order valence-electron chi connectivity index (χ3n) is 4.94. The monoisotopic (exact) mass is 263 g/mol. The molecule has 3 rings (SSSR count). The van der Waals surface area contributed by atoms with Crippen molar-refractivity contribution in [3.05, 3.63) is 29.8 Å². The highest BCUT2D eigenvalue weighted by molar-refractivity contribution is 5.15. The Morgan fingerprint density at radius 1 is 1.37 bits per heavy atom. The topological polar surface area (TPSA) is 42.2 Å². The van der Waals surface area contributed by atoms with E-state index in [1.807, 2.05) is 0 Å². The zero-order valence-corrected chi connectivity index (χ0v) is 11.4. The first-order valence-corrected chi connectivity index (χ1v) is 7.25. The van der Waals surface area contributed by atoms with E-state index >= 15 is 0 Å². The number of likely N-dealkylation sites (tertiary alicyclic amines) is 1. The predicted molar refractivity (Wildman–Crippen MR) is 73.0 cm³/mol. The smallest absolute Gasteiger partial charge is 0.141 e. The number of hydrogen-bond donors (Lipinski definition) is 1. The molecule has 0 bridgehead atoms. The maximum atomic E-state index is 13.3. The molecule has 1 aliphatic heterocycles. The van der Waals surface area contributed by atoms with Crippen molar-refractivity contribution in [3.8, 4) is 0 Å². The summed E-state index contributed by atoms with van der Waals surface area (Å²) in [4.78, 5) is 6.40. The first-order chi connectivity index (χ1) is 9.15. The van der Waals surface area contributed by atoms with Gasteiger partial charge in [-0.15, -0.1) is 0 Å². The van der Waals surface area contributed by atoms with Gasteiger partial charge in [0.2, 0.25) is 0 Å². The van der Waals surface area contributed by atoms with E-state index in [0.717, 1.165) is 31.0 Å². The van der Waals surface area contributed by atoms with Crippen molar-refractivity contribution in [2.75, 3.05) is 13.1 Å². The summed E-state index contributed by atoms with van der Waals surface area (Å²) in [5, 5.41) is 0. The van der Waals surface area contributed by atoms with Gasteiger partial charge in [-0.3, -0.25) is 9.88 Å². The Balaban J connectivity index is 1.73. The van der Waals surface area contributed by atoms with Gasteiger partial charge in [0.15, 0.2) is 0 Å². The lowest BCUT2D eigenvalue weighted by molar-refractivity contribution is 0.244. The Kier molecular flexibility index (Phi) is 3.54. The number of aromatic nitrogens is 1. The molecule has 1 aliphatic carbocycles. The van der Waals surface area contributed by atoms with Gasteiger partial charge in [0.25, 0.3) is 0 Å². The van der Waals surface area contributed by atoms with E-state index in [1.54, 1.807) is 12.3 Å². The minimum atomic E-state index is -0.252. The summed E-state index contributed by atoms with van der Waals surface area (Å²) in [6, 6.07) is 2.17. The standard InChI is InChI=1S/C15H22FN3/c1-10(12-5-13(16)7-18-6-12)19-8-11-3-2-4-15(17)14(11)9-19/h5-7,10-11,14-15H,2-4,8-9,17H2,1H3. The number of nitrogens with zero attached hydrogens (tertiary/aromatic N) is 2. The Labute approximate surface area is 114 Å². The molecule has 4 unspecified atom stereocenters. The normalized spacial score (nSPS) is 33.1. The van der Waals surface area contributed by atoms with Gasteiger partial charge in [0, 0.05) is 31.4 Å². The molecule has 0 radical (unpaired) electrons. The molecule has 1 saturated heterocycles. The van der Waals surface area contributed by atoms with Crippen molar-refractivity contribution < 1.29 is 4.39 Å². The Bertz CT molecular complexity index is 451. The zero-order chi connectivity index (χ0) is 13.4. The van der Waals surface area contributed by atoms with Crippen LogP contribution in [0.4, 0.5) is 4.39 Å². The molecule has 0 aromatic carbocycles. The number of pyridine rings is 1. The van der Waals surface area contributed by atoms with Crippen LogP contribution in [0.25, 0.3) is 0 Å². The second kappa shape index (κ2) is 5.17. The van der Waals surface area contributed by atoms with E-state index in [-0.39, 0.29) is 11.9 Å². The number of halogens is 1. The molecule has 1 aromatic rings. The van der Waals surface area contributed by atoms with Gasteiger partial charge in [-0.25, -0.2) is 4.39 Å². The van der Waals surface area contributed by atoms with Crippen LogP contribution in [0.2, 0.25) is 0 Å². The number of rotatable bonds is 2. The molecule has 4 atom stereocenters. The van der Waals surface area contributed by atoms with Crippen molar-refractivity contribution in [2.45, 2.75) is 38.3 Å². The van der Waals surface area contributed by atoms with Crippen LogP contribution < -0.4 is 5.73 Å². The molecule has 19 heavy (non-hydrogen) atoms. The van der Waals surface area contributed by atoms with Crippen molar-refractivity contribution >= 4 is 0 Å². The fourth-order valence-corrected chi connectivity index (χ4v) is 3.73. The van der Waals surface area contributed by atoms with Crippen LogP contribution >= 0.6 is 0 Å². The second-order valence-electron chi connectivity index (χ2n) is 6.09. The average Bonchev–Trinajstić information content (AvgIpc) is 2.83. The lowest BCUT2D eigenvalue weighted by atomic mass is 9.78. The summed E-state index contributed by atoms with van der Waals surface area (Å²) in [5.74, 6) is 1.10. The molecule has 104 valence electrons. The summed E-state index contributed by atoms with van der Waals surface area (Å²) in [7, 11) is 0. The van der Waals surface area contributed by atoms with Crippen LogP contribution in [0.15, 0.2) is 18.5 Å². The van der Waals surface area contributed by atoms with E-state index in [9.17, 15) is 4.39 Å². The van der Waals surface area contributed by atoms with Crippen LogP contribution in [-0.4, -0.2) is 29.0 Å². The van der Waals surface area contributed by atoms with E-state index in [2.05, 4.69) is 16.8 Å². The minimum Gasteiger partial charge on any atom is -0.327 e. The molecule has 2 aliphatic rings. The second-order valence-corrected chi connectivity index (χ2v) is 6.09. The summed E-state index contributed by atoms with van der Waals surface area (Å²) in [6.45, 7) is 4.28. The maximum absolute atomic E-state index is 13.3. The first kappa shape index (κ1) is 13.0. The minimum absolute atomic E-state index is 0.223. The SMILES string of the molecule is CC(c1cncc(F)c1)N1CC2CCCC(N)C2C1. The molecule has 2 N–H and O–H groups in total. The van der Waals surface area contributed by atoms with Crippen molar-refractivity contribution in [3.63, 3.8) is 0 Å². The fraction of sp³-hybridized carbons (Fsp3) is 0.667. The summed E-state index contributed by atoms with van der Waals surface area (Å²) in [5.41, 5.74) is 7.21. The highest BCUT2D eigenvalue weighted by Crippen LogP contribution is 2.38. The van der Waals surface area contributed by atoms with Gasteiger partial charge in [0.05, 0.1) is 6.20 Å². The van der Waals surface area contributed by atoms with Gasteiger partial charge < -0.3 is 5.73 Å². The summed E-state index contributed by atoms with van der Waals surface area (Å²) < 4.78 is 13.3. The first-order valence-electron chi connectivity index (χ1n) is 7.25. The molecule has 2 fully saturated rings. The number of fused-ring (bicyclic) bond motifs is 1. The van der Waals surface area contributed by atoms with Crippen LogP contribution in [0.3, 0.4) is 0 Å². The maximum Gasteiger partial charge on any atom is 0.141 e. The van der Waals surface area contributed by atoms with Crippen LogP contribution in [0.5, 0.6) is 0 Å². The lowest BCUT2D eigenvalue weighted by Gasteiger charge is -2.30. The summed E-state index contributed by atoms with van der Waals surface area (Å²) >= 11 is 0. The Hall–Kier alpha value is -1.00. The predicted octanol–water partition coefficient (Wildman–Crippen LogP) is 2.34. The highest BCUT2D eigenvalue weighted by atomic mass is 19.1. The molecular weight excluding hydrogens is 241 g/mol. The van der Waals surface area contributed by atoms with Crippen molar-refractivity contribution in [1.82, 2.24) is 9.88 Å². The van der Waals surface area contributed by atoms with Gasteiger partial charge in [-0.05, 0) is 43.2 Å². The van der Waals surface area contributed by atoms with Gasteiger partial charge in [-0.1, -0.05) is 6.42 Å². The quantitative estimate of drug-likeness (QED) is 0.890. The zero-order valence-electron chi connectivity index (χ0n) is 11.4. The Morgan fingerprint density at radius 2 is 2.21 bits per heavy atom. The number of hydrogen-bond acceptors (Lipinski definition) is 3. The van der Waals surface area contributed by atoms with Gasteiger partial charge >= 0.3 is 0 Å². The van der Waals surface area contributed by atoms with Crippen LogP contribution in [0.1, 0.15) is 37.8 Å². The third kappa shape index (κ3) is 2.51. The van der Waals surface area contributed by atoms with Crippen molar-refractivity contribution in [2.24, 2.45) is 17.6 Å². The molecule has 1 aromatic heterocycles. The van der Waals surface area contributed by atoms with Crippen LogP contribution in [0, 0.1) is 17.7 Å². The lowest BCUT2D eigenvalue weighted by Crippen LogP contribution is -2.38. The molecule has 3 nitrogen and oxygen atoms in total. The molecular formula is C15H22FN3. The van der Waals surface area contributed by atoms with Gasteiger partial charge in [0.1, 0.15) is 5.82 Å². The largest absolute Gasteiger partial charge is 0.327 e. The number of nitrogens with two attached hydrogens (primary N) is 1. The fourth-order valence-electron chi connectivity index (χ4n) is 3.73. The van der Waals surface area contributed by atoms with E-state index in [4.69, 9.17) is 5.73 Å².